The molecule has 0 aromatic heterocycles. The molecule has 0 aliphatic carbocycles. The second-order valence-corrected chi connectivity index (χ2v) is 9.53. The number of anilines is 1. The van der Waals surface area contributed by atoms with E-state index in [1.807, 2.05) is 0 Å². The molecule has 0 bridgehead atoms. The van der Waals surface area contributed by atoms with Crippen molar-refractivity contribution in [2.24, 2.45) is 5.73 Å². The van der Waals surface area contributed by atoms with Crippen molar-refractivity contribution in [1.29, 1.82) is 0 Å². The Morgan fingerprint density at radius 2 is 1.60 bits per heavy atom. The molecule has 1 heterocycles. The third kappa shape index (κ3) is 8.49. The molecule has 0 radical (unpaired) electrons. The standard InChI is InChI=1S/C27H48N2O/c1-4-6-11-19-27(28,18-5-2)20-12-9-7-8-10-13-21-29-22-14-15-24-23-25(30-3)16-17-26(24)29/h16-17,23H,4-15,18-22,28H2,1-3H3. The van der Waals surface area contributed by atoms with Crippen molar-refractivity contribution in [2.45, 2.75) is 116 Å². The summed E-state index contributed by atoms with van der Waals surface area (Å²) in [5.74, 6) is 0.987. The summed E-state index contributed by atoms with van der Waals surface area (Å²) in [5.41, 5.74) is 9.73. The fourth-order valence-corrected chi connectivity index (χ4v) is 5.10. The molecule has 0 saturated heterocycles. The van der Waals surface area contributed by atoms with Crippen molar-refractivity contribution in [3.63, 3.8) is 0 Å². The van der Waals surface area contributed by atoms with Crippen LogP contribution in [0.4, 0.5) is 5.69 Å². The minimum Gasteiger partial charge on any atom is -0.497 e. The number of methoxy groups -OCH3 is 1. The highest BCUT2D eigenvalue weighted by atomic mass is 16.5. The van der Waals surface area contributed by atoms with Crippen molar-refractivity contribution in [1.82, 2.24) is 0 Å². The molecule has 1 aromatic rings. The van der Waals surface area contributed by atoms with Gasteiger partial charge in [-0.25, -0.2) is 0 Å². The zero-order valence-electron chi connectivity index (χ0n) is 20.2. The first-order chi connectivity index (χ1) is 14.6. The van der Waals surface area contributed by atoms with Gasteiger partial charge in [0.2, 0.25) is 0 Å². The number of benzene rings is 1. The van der Waals surface area contributed by atoms with E-state index in [2.05, 4.69) is 36.9 Å². The van der Waals surface area contributed by atoms with Gasteiger partial charge in [0.1, 0.15) is 5.75 Å². The van der Waals surface area contributed by atoms with Gasteiger partial charge in [-0.2, -0.15) is 0 Å². The van der Waals surface area contributed by atoms with E-state index in [0.717, 1.165) is 5.75 Å². The Morgan fingerprint density at radius 3 is 2.30 bits per heavy atom. The summed E-state index contributed by atoms with van der Waals surface area (Å²) in [6.45, 7) is 6.95. The van der Waals surface area contributed by atoms with Crippen molar-refractivity contribution in [2.75, 3.05) is 25.1 Å². The van der Waals surface area contributed by atoms with E-state index in [0.29, 0.717) is 0 Å². The smallest absolute Gasteiger partial charge is 0.119 e. The van der Waals surface area contributed by atoms with Crippen molar-refractivity contribution < 1.29 is 4.74 Å². The lowest BCUT2D eigenvalue weighted by atomic mass is 9.84. The largest absolute Gasteiger partial charge is 0.497 e. The van der Waals surface area contributed by atoms with Crippen molar-refractivity contribution in [3.05, 3.63) is 23.8 Å². The zero-order valence-corrected chi connectivity index (χ0v) is 20.2. The molecule has 30 heavy (non-hydrogen) atoms. The van der Waals surface area contributed by atoms with Crippen LogP contribution in [0.25, 0.3) is 0 Å². The lowest BCUT2D eigenvalue weighted by molar-refractivity contribution is 0.312. The Kier molecular flexibility index (Phi) is 11.7. The Bertz CT molecular complexity index is 588. The van der Waals surface area contributed by atoms with E-state index in [1.54, 1.807) is 7.11 Å². The van der Waals surface area contributed by atoms with Gasteiger partial charge in [-0.1, -0.05) is 71.6 Å². The number of nitrogens with zero attached hydrogens (tertiary/aromatic N) is 1. The normalized spacial score (nSPS) is 15.7. The molecule has 0 saturated carbocycles. The molecule has 1 aromatic carbocycles. The molecule has 3 nitrogen and oxygen atoms in total. The van der Waals surface area contributed by atoms with E-state index in [1.165, 1.54) is 121 Å². The highest BCUT2D eigenvalue weighted by Crippen LogP contribution is 2.31. The SMILES string of the molecule is CCCCCC(N)(CCC)CCCCCCCCN1CCCc2cc(OC)ccc21. The zero-order chi connectivity index (χ0) is 21.7. The monoisotopic (exact) mass is 416 g/mol. The molecular weight excluding hydrogens is 368 g/mol. The Balaban J connectivity index is 1.59. The van der Waals surface area contributed by atoms with Gasteiger partial charge in [-0.15, -0.1) is 0 Å². The van der Waals surface area contributed by atoms with Gasteiger partial charge < -0.3 is 15.4 Å². The highest BCUT2D eigenvalue weighted by Gasteiger charge is 2.22. The summed E-state index contributed by atoms with van der Waals surface area (Å²) in [7, 11) is 1.76. The molecule has 1 atom stereocenters. The molecule has 0 amide bonds. The number of hydrogen-bond acceptors (Lipinski definition) is 3. The van der Waals surface area contributed by atoms with Crippen LogP contribution in [-0.2, 0) is 6.42 Å². The van der Waals surface area contributed by atoms with E-state index in [-0.39, 0.29) is 5.54 Å². The Labute approximate surface area is 186 Å². The van der Waals surface area contributed by atoms with Gasteiger partial charge in [0.15, 0.2) is 0 Å². The van der Waals surface area contributed by atoms with Crippen LogP contribution in [0, 0.1) is 0 Å². The second kappa shape index (κ2) is 14.0. The summed E-state index contributed by atoms with van der Waals surface area (Å²) in [5, 5.41) is 0. The van der Waals surface area contributed by atoms with Crippen LogP contribution in [0.5, 0.6) is 5.75 Å². The van der Waals surface area contributed by atoms with Crippen LogP contribution in [0.15, 0.2) is 18.2 Å². The molecule has 2 N–H and O–H groups in total. The molecule has 3 heteroatoms. The highest BCUT2D eigenvalue weighted by molar-refractivity contribution is 5.58. The Morgan fingerprint density at radius 1 is 0.900 bits per heavy atom. The number of rotatable bonds is 16. The van der Waals surface area contributed by atoms with Gasteiger partial charge in [-0.05, 0) is 62.3 Å². The van der Waals surface area contributed by atoms with E-state index >= 15 is 0 Å². The van der Waals surface area contributed by atoms with Gasteiger partial charge in [0.25, 0.3) is 0 Å². The number of aryl methyl sites for hydroxylation is 1. The van der Waals surface area contributed by atoms with Gasteiger partial charge >= 0.3 is 0 Å². The topological polar surface area (TPSA) is 38.5 Å². The lowest BCUT2D eigenvalue weighted by Gasteiger charge is -2.31. The number of ether oxygens (including phenoxy) is 1. The average Bonchev–Trinajstić information content (AvgIpc) is 2.75. The predicted octanol–water partition coefficient (Wildman–Crippen LogP) is 7.26. The lowest BCUT2D eigenvalue weighted by Crippen LogP contribution is -2.39. The molecule has 172 valence electrons. The molecule has 2 rings (SSSR count). The molecule has 1 unspecified atom stereocenters. The second-order valence-electron chi connectivity index (χ2n) is 9.53. The van der Waals surface area contributed by atoms with Crippen LogP contribution in [-0.4, -0.2) is 25.7 Å². The van der Waals surface area contributed by atoms with Gasteiger partial charge in [-0.3, -0.25) is 0 Å². The third-order valence-electron chi connectivity index (χ3n) is 6.88. The van der Waals surface area contributed by atoms with Crippen LogP contribution in [0.3, 0.4) is 0 Å². The van der Waals surface area contributed by atoms with E-state index < -0.39 is 0 Å². The number of nitrogens with two attached hydrogens (primary N) is 1. The summed E-state index contributed by atoms with van der Waals surface area (Å²) in [4.78, 5) is 2.59. The molecular formula is C27H48N2O. The van der Waals surface area contributed by atoms with Gasteiger partial charge in [0.05, 0.1) is 7.11 Å². The molecule has 1 aliphatic heterocycles. The first-order valence-corrected chi connectivity index (χ1v) is 12.8. The molecule has 1 aliphatic rings. The van der Waals surface area contributed by atoms with Crippen molar-refractivity contribution in [3.8, 4) is 5.75 Å². The summed E-state index contributed by atoms with van der Waals surface area (Å²) >= 11 is 0. The summed E-state index contributed by atoms with van der Waals surface area (Å²) < 4.78 is 5.39. The number of unbranched alkanes of at least 4 members (excludes halogenated alkanes) is 7. The van der Waals surface area contributed by atoms with E-state index in [9.17, 15) is 0 Å². The quantitative estimate of drug-likeness (QED) is 0.288. The van der Waals surface area contributed by atoms with Gasteiger partial charge in [0, 0.05) is 24.3 Å². The van der Waals surface area contributed by atoms with Crippen LogP contribution < -0.4 is 15.4 Å². The average molecular weight is 417 g/mol. The maximum absolute atomic E-state index is 6.74. The summed E-state index contributed by atoms with van der Waals surface area (Å²) in [6, 6.07) is 6.58. The van der Waals surface area contributed by atoms with Crippen LogP contribution in [0.1, 0.15) is 109 Å². The number of fused-ring (bicyclic) bond motifs is 1. The Hall–Kier alpha value is -1.22. The maximum Gasteiger partial charge on any atom is 0.119 e. The third-order valence-corrected chi connectivity index (χ3v) is 6.88. The first-order valence-electron chi connectivity index (χ1n) is 12.8. The first kappa shape index (κ1) is 25.0. The summed E-state index contributed by atoms with van der Waals surface area (Å²) in [6.07, 6.45) is 19.3. The van der Waals surface area contributed by atoms with Crippen LogP contribution in [0.2, 0.25) is 0 Å². The predicted molar refractivity (Wildman–Crippen MR) is 132 cm³/mol. The minimum absolute atomic E-state index is 0.105. The number of hydrogen-bond donors (Lipinski definition) is 1. The van der Waals surface area contributed by atoms with E-state index in [4.69, 9.17) is 10.5 Å². The molecule has 0 spiro atoms. The minimum atomic E-state index is 0.105. The van der Waals surface area contributed by atoms with Crippen LogP contribution >= 0.6 is 0 Å². The molecule has 0 fully saturated rings. The van der Waals surface area contributed by atoms with Crippen molar-refractivity contribution >= 4 is 5.69 Å². The fourth-order valence-electron chi connectivity index (χ4n) is 5.10. The maximum atomic E-state index is 6.74. The fraction of sp³-hybridized carbons (Fsp3) is 0.778.